The molecule has 0 aliphatic rings. The van der Waals surface area contributed by atoms with E-state index in [1.165, 1.54) is 27.4 Å². The number of nitrogens with zero attached hydrogens (tertiary/aromatic N) is 1. The van der Waals surface area contributed by atoms with Crippen LogP contribution in [-0.2, 0) is 6.42 Å². The van der Waals surface area contributed by atoms with E-state index < -0.39 is 0 Å². The molecule has 114 valence electrons. The highest BCUT2D eigenvalue weighted by Gasteiger charge is 2.10. The van der Waals surface area contributed by atoms with Gasteiger partial charge in [-0.3, -0.25) is 0 Å². The van der Waals surface area contributed by atoms with Crippen molar-refractivity contribution in [2.75, 3.05) is 13.1 Å². The van der Waals surface area contributed by atoms with Crippen LogP contribution >= 0.6 is 11.3 Å². The van der Waals surface area contributed by atoms with E-state index in [1.807, 2.05) is 11.3 Å². The maximum atomic E-state index is 4.83. The van der Waals surface area contributed by atoms with E-state index in [0.717, 1.165) is 25.2 Å². The third-order valence-corrected chi connectivity index (χ3v) is 4.66. The van der Waals surface area contributed by atoms with E-state index in [1.54, 1.807) is 0 Å². The van der Waals surface area contributed by atoms with Crippen molar-refractivity contribution in [1.82, 2.24) is 10.3 Å². The summed E-state index contributed by atoms with van der Waals surface area (Å²) in [5, 5.41) is 4.67. The summed E-state index contributed by atoms with van der Waals surface area (Å²) < 4.78 is 0. The van der Waals surface area contributed by atoms with Crippen molar-refractivity contribution in [2.24, 2.45) is 0 Å². The molecule has 0 spiro atoms. The number of hydrogen-bond donors (Lipinski definition) is 1. The van der Waals surface area contributed by atoms with E-state index in [0.29, 0.717) is 5.92 Å². The molecule has 21 heavy (non-hydrogen) atoms. The lowest BCUT2D eigenvalue weighted by molar-refractivity contribution is 0.670. The van der Waals surface area contributed by atoms with Crippen molar-refractivity contribution < 1.29 is 0 Å². The molecule has 1 aromatic heterocycles. The van der Waals surface area contributed by atoms with Crippen molar-refractivity contribution in [3.05, 3.63) is 39.7 Å². The smallest absolute Gasteiger partial charge is 0.0948 e. The van der Waals surface area contributed by atoms with Gasteiger partial charge >= 0.3 is 0 Å². The van der Waals surface area contributed by atoms with Gasteiger partial charge in [-0.2, -0.15) is 0 Å². The first-order valence-corrected chi connectivity index (χ1v) is 8.70. The fraction of sp³-hybridized carbons (Fsp3) is 0.500. The van der Waals surface area contributed by atoms with Crippen molar-refractivity contribution in [2.45, 2.75) is 46.5 Å². The van der Waals surface area contributed by atoms with E-state index >= 15 is 0 Å². The first-order chi connectivity index (χ1) is 10.1. The SMILES string of the molecule is CCCNCCc1nc(-c2ccc(C(C)C)cc2)c(C)s1. The van der Waals surface area contributed by atoms with Gasteiger partial charge in [-0.15, -0.1) is 11.3 Å². The Hall–Kier alpha value is -1.19. The second-order valence-electron chi connectivity index (χ2n) is 5.79. The van der Waals surface area contributed by atoms with E-state index in [2.05, 4.69) is 57.3 Å². The Morgan fingerprint density at radius 3 is 2.48 bits per heavy atom. The zero-order chi connectivity index (χ0) is 15.2. The van der Waals surface area contributed by atoms with Gasteiger partial charge in [-0.1, -0.05) is 45.0 Å². The van der Waals surface area contributed by atoms with Gasteiger partial charge in [0.15, 0.2) is 0 Å². The number of nitrogens with one attached hydrogen (secondary N) is 1. The molecule has 1 aromatic carbocycles. The Balaban J connectivity index is 2.07. The van der Waals surface area contributed by atoms with Crippen LogP contribution in [0.1, 0.15) is 48.6 Å². The molecule has 0 saturated carbocycles. The van der Waals surface area contributed by atoms with Crippen molar-refractivity contribution in [3.63, 3.8) is 0 Å². The van der Waals surface area contributed by atoms with Crippen LogP contribution in [0.25, 0.3) is 11.3 Å². The van der Waals surface area contributed by atoms with Crippen molar-refractivity contribution in [1.29, 1.82) is 0 Å². The minimum atomic E-state index is 0.579. The normalized spacial score (nSPS) is 11.3. The summed E-state index contributed by atoms with van der Waals surface area (Å²) in [6, 6.07) is 8.86. The summed E-state index contributed by atoms with van der Waals surface area (Å²) in [7, 11) is 0. The third-order valence-electron chi connectivity index (χ3n) is 3.63. The monoisotopic (exact) mass is 302 g/mol. The predicted molar refractivity (Wildman–Crippen MR) is 93.2 cm³/mol. The van der Waals surface area contributed by atoms with Gasteiger partial charge in [-0.25, -0.2) is 4.98 Å². The molecule has 0 fully saturated rings. The van der Waals surface area contributed by atoms with Crippen LogP contribution in [0.15, 0.2) is 24.3 Å². The molecular weight excluding hydrogens is 276 g/mol. The lowest BCUT2D eigenvalue weighted by atomic mass is 10.0. The highest BCUT2D eigenvalue weighted by Crippen LogP contribution is 2.28. The molecule has 0 bridgehead atoms. The first kappa shape index (κ1) is 16.2. The molecule has 2 rings (SSSR count). The van der Waals surface area contributed by atoms with Crippen molar-refractivity contribution >= 4 is 11.3 Å². The fourth-order valence-electron chi connectivity index (χ4n) is 2.35. The minimum Gasteiger partial charge on any atom is -0.316 e. The zero-order valence-electron chi connectivity index (χ0n) is 13.6. The van der Waals surface area contributed by atoms with Gasteiger partial charge in [0.1, 0.15) is 0 Å². The molecule has 0 radical (unpaired) electrons. The summed E-state index contributed by atoms with van der Waals surface area (Å²) in [5.41, 5.74) is 3.78. The average Bonchev–Trinajstić information content (AvgIpc) is 2.85. The number of benzene rings is 1. The fourth-order valence-corrected chi connectivity index (χ4v) is 3.30. The van der Waals surface area contributed by atoms with Crippen LogP contribution in [0.2, 0.25) is 0 Å². The Labute approximate surface area is 132 Å². The number of hydrogen-bond acceptors (Lipinski definition) is 3. The average molecular weight is 302 g/mol. The molecule has 1 N–H and O–H groups in total. The molecule has 0 aliphatic carbocycles. The summed E-state index contributed by atoms with van der Waals surface area (Å²) >= 11 is 1.83. The van der Waals surface area contributed by atoms with Gasteiger partial charge < -0.3 is 5.32 Å². The number of rotatable bonds is 7. The minimum absolute atomic E-state index is 0.579. The summed E-state index contributed by atoms with van der Waals surface area (Å²) in [4.78, 5) is 6.15. The largest absolute Gasteiger partial charge is 0.316 e. The van der Waals surface area contributed by atoms with Crippen LogP contribution in [0.4, 0.5) is 0 Å². The van der Waals surface area contributed by atoms with Crippen LogP contribution in [0.3, 0.4) is 0 Å². The van der Waals surface area contributed by atoms with Crippen LogP contribution < -0.4 is 5.32 Å². The molecule has 3 heteroatoms. The van der Waals surface area contributed by atoms with Crippen molar-refractivity contribution in [3.8, 4) is 11.3 Å². The molecular formula is C18H26N2S. The molecule has 0 saturated heterocycles. The lowest BCUT2D eigenvalue weighted by Gasteiger charge is -2.06. The predicted octanol–water partition coefficient (Wildman–Crippen LogP) is 4.78. The third kappa shape index (κ3) is 4.39. The topological polar surface area (TPSA) is 24.9 Å². The standard InChI is InChI=1S/C18H26N2S/c1-5-11-19-12-10-17-20-18(14(4)21-17)16-8-6-15(7-9-16)13(2)3/h6-9,13,19H,5,10-12H2,1-4H3. The second kappa shape index (κ2) is 7.71. The van der Waals surface area contributed by atoms with Gasteiger partial charge in [0.05, 0.1) is 10.7 Å². The number of thiazole rings is 1. The quantitative estimate of drug-likeness (QED) is 0.744. The second-order valence-corrected chi connectivity index (χ2v) is 7.08. The zero-order valence-corrected chi connectivity index (χ0v) is 14.4. The van der Waals surface area contributed by atoms with Crippen LogP contribution in [0, 0.1) is 6.92 Å². The van der Waals surface area contributed by atoms with Crippen LogP contribution in [-0.4, -0.2) is 18.1 Å². The van der Waals surface area contributed by atoms with Gasteiger partial charge in [-0.05, 0) is 31.4 Å². The number of aromatic nitrogens is 1. The highest BCUT2D eigenvalue weighted by molar-refractivity contribution is 7.12. The molecule has 0 atom stereocenters. The maximum Gasteiger partial charge on any atom is 0.0948 e. The van der Waals surface area contributed by atoms with Crippen LogP contribution in [0.5, 0.6) is 0 Å². The Bertz CT molecular complexity index is 555. The summed E-state index contributed by atoms with van der Waals surface area (Å²) in [6.45, 7) is 10.9. The van der Waals surface area contributed by atoms with E-state index in [9.17, 15) is 0 Å². The summed E-state index contributed by atoms with van der Waals surface area (Å²) in [5.74, 6) is 0.579. The van der Waals surface area contributed by atoms with E-state index in [4.69, 9.17) is 4.98 Å². The maximum absolute atomic E-state index is 4.83. The molecule has 0 amide bonds. The van der Waals surface area contributed by atoms with Gasteiger partial charge in [0.2, 0.25) is 0 Å². The first-order valence-electron chi connectivity index (χ1n) is 7.89. The molecule has 2 nitrogen and oxygen atoms in total. The molecule has 0 aliphatic heterocycles. The van der Waals surface area contributed by atoms with Gasteiger partial charge in [0, 0.05) is 23.4 Å². The molecule has 2 aromatic rings. The Morgan fingerprint density at radius 2 is 1.86 bits per heavy atom. The molecule has 1 heterocycles. The summed E-state index contributed by atoms with van der Waals surface area (Å²) in [6.07, 6.45) is 2.21. The highest BCUT2D eigenvalue weighted by atomic mass is 32.1. The number of aryl methyl sites for hydroxylation is 1. The molecule has 0 unspecified atom stereocenters. The Morgan fingerprint density at radius 1 is 1.14 bits per heavy atom. The van der Waals surface area contributed by atoms with E-state index in [-0.39, 0.29) is 0 Å². The lowest BCUT2D eigenvalue weighted by Crippen LogP contribution is -2.17. The van der Waals surface area contributed by atoms with Gasteiger partial charge in [0.25, 0.3) is 0 Å². The Kier molecular flexibility index (Phi) is 5.95.